The van der Waals surface area contributed by atoms with Crippen molar-refractivity contribution >= 4 is 21.6 Å². The highest BCUT2D eigenvalue weighted by atomic mass is 79.9. The molecule has 1 aromatic carbocycles. The molecule has 0 aliphatic carbocycles. The van der Waals surface area contributed by atoms with Crippen molar-refractivity contribution < 1.29 is 4.74 Å². The third kappa shape index (κ3) is 4.97. The van der Waals surface area contributed by atoms with E-state index in [4.69, 9.17) is 15.7 Å². The number of ether oxygens (including phenoxy) is 1. The Bertz CT molecular complexity index is 438. The Kier molecular flexibility index (Phi) is 5.49. The van der Waals surface area contributed by atoms with Crippen LogP contribution in [0, 0.1) is 16.7 Å². The second kappa shape index (κ2) is 6.65. The van der Waals surface area contributed by atoms with Gasteiger partial charge in [0.2, 0.25) is 0 Å². The number of hydrogen-bond acceptors (Lipinski definition) is 3. The molecular weight excluding hydrogens is 292 g/mol. The van der Waals surface area contributed by atoms with Gasteiger partial charge >= 0.3 is 0 Å². The molecule has 0 fully saturated rings. The number of unbranched alkanes of at least 4 members (excludes halogenated alkanes) is 1. The third-order valence-electron chi connectivity index (χ3n) is 2.73. The highest BCUT2D eigenvalue weighted by Crippen LogP contribution is 2.26. The van der Waals surface area contributed by atoms with Crippen molar-refractivity contribution in [3.8, 4) is 11.8 Å². The van der Waals surface area contributed by atoms with Crippen LogP contribution >= 0.6 is 15.9 Å². The average Bonchev–Trinajstić information content (AvgIpc) is 2.31. The van der Waals surface area contributed by atoms with Crippen LogP contribution in [0.15, 0.2) is 22.7 Å². The fourth-order valence-electron chi connectivity index (χ4n) is 1.56. The van der Waals surface area contributed by atoms with Gasteiger partial charge in [0.1, 0.15) is 5.75 Å². The van der Waals surface area contributed by atoms with Crippen LogP contribution < -0.4 is 10.5 Å². The number of nitriles is 1. The van der Waals surface area contributed by atoms with Gasteiger partial charge < -0.3 is 10.5 Å². The lowest BCUT2D eigenvalue weighted by Gasteiger charge is -2.14. The average molecular weight is 311 g/mol. The predicted octanol–water partition coefficient (Wildman–Crippen LogP) is 4.13. The number of benzene rings is 1. The molecule has 0 aliphatic heterocycles. The maximum absolute atomic E-state index is 8.89. The van der Waals surface area contributed by atoms with Gasteiger partial charge in [-0.05, 0) is 51.3 Å². The van der Waals surface area contributed by atoms with Crippen molar-refractivity contribution in [3.05, 3.63) is 22.7 Å². The minimum atomic E-state index is -0.239. The summed E-state index contributed by atoms with van der Waals surface area (Å²) in [6.45, 7) is 4.55. The SMILES string of the molecule is CC(C)(C#N)CCCCOc1ccc(Br)cc1N. The van der Waals surface area contributed by atoms with Crippen LogP contribution in [-0.2, 0) is 0 Å². The number of hydrogen-bond donors (Lipinski definition) is 1. The molecule has 3 nitrogen and oxygen atoms in total. The lowest BCUT2D eigenvalue weighted by Crippen LogP contribution is -2.08. The summed E-state index contributed by atoms with van der Waals surface area (Å²) in [4.78, 5) is 0. The van der Waals surface area contributed by atoms with E-state index < -0.39 is 0 Å². The van der Waals surface area contributed by atoms with Crippen LogP contribution in [0.25, 0.3) is 0 Å². The molecule has 0 saturated heterocycles. The van der Waals surface area contributed by atoms with Gasteiger partial charge in [0.05, 0.1) is 23.8 Å². The molecule has 4 heteroatoms. The van der Waals surface area contributed by atoms with Gasteiger partial charge in [0.25, 0.3) is 0 Å². The van der Waals surface area contributed by atoms with Crippen LogP contribution in [0.1, 0.15) is 33.1 Å². The second-order valence-corrected chi connectivity index (χ2v) is 5.90. The first-order chi connectivity index (χ1) is 8.44. The van der Waals surface area contributed by atoms with Crippen LogP contribution in [-0.4, -0.2) is 6.61 Å². The first-order valence-corrected chi connectivity index (χ1v) is 6.83. The molecule has 0 spiro atoms. The van der Waals surface area contributed by atoms with Gasteiger partial charge in [-0.3, -0.25) is 0 Å². The lowest BCUT2D eigenvalue weighted by atomic mass is 9.89. The molecule has 0 radical (unpaired) electrons. The van der Waals surface area contributed by atoms with Gasteiger partial charge in [-0.15, -0.1) is 0 Å². The van der Waals surface area contributed by atoms with Crippen molar-refractivity contribution in [3.63, 3.8) is 0 Å². The van der Waals surface area contributed by atoms with Gasteiger partial charge in [0.15, 0.2) is 0 Å². The number of nitrogens with zero attached hydrogens (tertiary/aromatic N) is 1. The van der Waals surface area contributed by atoms with Crippen molar-refractivity contribution in [1.29, 1.82) is 5.26 Å². The lowest BCUT2D eigenvalue weighted by molar-refractivity contribution is 0.296. The maximum atomic E-state index is 8.89. The van der Waals surface area contributed by atoms with Crippen LogP contribution in [0.3, 0.4) is 0 Å². The summed E-state index contributed by atoms with van der Waals surface area (Å²) in [6, 6.07) is 7.89. The van der Waals surface area contributed by atoms with Crippen molar-refractivity contribution in [2.24, 2.45) is 5.41 Å². The topological polar surface area (TPSA) is 59.0 Å². The molecule has 0 aliphatic rings. The molecule has 1 rings (SSSR count). The Morgan fingerprint density at radius 2 is 2.11 bits per heavy atom. The highest BCUT2D eigenvalue weighted by molar-refractivity contribution is 9.10. The Morgan fingerprint density at radius 1 is 1.39 bits per heavy atom. The van der Waals surface area contributed by atoms with Gasteiger partial charge in [0, 0.05) is 4.47 Å². The largest absolute Gasteiger partial charge is 0.491 e. The third-order valence-corrected chi connectivity index (χ3v) is 3.22. The number of rotatable bonds is 6. The highest BCUT2D eigenvalue weighted by Gasteiger charge is 2.15. The molecule has 0 aromatic heterocycles. The summed E-state index contributed by atoms with van der Waals surface area (Å²) in [5.74, 6) is 0.720. The van der Waals surface area contributed by atoms with Crippen molar-refractivity contribution in [1.82, 2.24) is 0 Å². The van der Waals surface area contributed by atoms with E-state index in [-0.39, 0.29) is 5.41 Å². The zero-order valence-corrected chi connectivity index (χ0v) is 12.5. The van der Waals surface area contributed by atoms with E-state index in [0.29, 0.717) is 12.3 Å². The Balaban J connectivity index is 2.29. The standard InChI is InChI=1S/C14H19BrN2O/c1-14(2,10-16)7-3-4-8-18-13-6-5-11(15)9-12(13)17/h5-6,9H,3-4,7-8,17H2,1-2H3. The molecule has 0 amide bonds. The fraction of sp³-hybridized carbons (Fsp3) is 0.500. The zero-order chi connectivity index (χ0) is 13.6. The normalized spacial score (nSPS) is 11.0. The number of nitrogens with two attached hydrogens (primary N) is 1. The van der Waals surface area contributed by atoms with E-state index in [2.05, 4.69) is 22.0 Å². The quantitative estimate of drug-likeness (QED) is 0.635. The smallest absolute Gasteiger partial charge is 0.142 e. The van der Waals surface area contributed by atoms with Gasteiger partial charge in [-0.1, -0.05) is 15.9 Å². The molecule has 0 bridgehead atoms. The fourth-order valence-corrected chi connectivity index (χ4v) is 1.94. The van der Waals surface area contributed by atoms with Crippen molar-refractivity contribution in [2.45, 2.75) is 33.1 Å². The van der Waals surface area contributed by atoms with Gasteiger partial charge in [-0.25, -0.2) is 0 Å². The predicted molar refractivity (Wildman–Crippen MR) is 77.3 cm³/mol. The number of halogens is 1. The van der Waals surface area contributed by atoms with E-state index >= 15 is 0 Å². The minimum Gasteiger partial charge on any atom is -0.491 e. The number of anilines is 1. The Morgan fingerprint density at radius 3 is 2.72 bits per heavy atom. The monoisotopic (exact) mass is 310 g/mol. The van der Waals surface area contributed by atoms with Crippen LogP contribution in [0.4, 0.5) is 5.69 Å². The summed E-state index contributed by atoms with van der Waals surface area (Å²) in [5.41, 5.74) is 6.23. The molecule has 0 atom stereocenters. The van der Waals surface area contributed by atoms with Gasteiger partial charge in [-0.2, -0.15) is 5.26 Å². The van der Waals surface area contributed by atoms with E-state index in [9.17, 15) is 0 Å². The molecule has 18 heavy (non-hydrogen) atoms. The van der Waals surface area contributed by atoms with Crippen LogP contribution in [0.2, 0.25) is 0 Å². The molecule has 0 saturated carbocycles. The second-order valence-electron chi connectivity index (χ2n) is 4.98. The summed E-state index contributed by atoms with van der Waals surface area (Å²) in [5, 5.41) is 8.89. The van der Waals surface area contributed by atoms with Crippen LogP contribution in [0.5, 0.6) is 5.75 Å². The van der Waals surface area contributed by atoms with E-state index in [1.54, 1.807) is 0 Å². The van der Waals surface area contributed by atoms with E-state index in [1.165, 1.54) is 0 Å². The zero-order valence-electron chi connectivity index (χ0n) is 10.9. The first-order valence-electron chi connectivity index (χ1n) is 6.04. The number of nitrogen functional groups attached to an aromatic ring is 1. The molecule has 1 aromatic rings. The molecule has 0 heterocycles. The van der Waals surface area contributed by atoms with Crippen molar-refractivity contribution in [2.75, 3.05) is 12.3 Å². The summed E-state index contributed by atoms with van der Waals surface area (Å²) < 4.78 is 6.56. The van der Waals surface area contributed by atoms with E-state index in [1.807, 2.05) is 32.0 Å². The Hall–Kier alpha value is -1.21. The molecular formula is C14H19BrN2O. The molecule has 0 unspecified atom stereocenters. The Labute approximate surface area is 117 Å². The minimum absolute atomic E-state index is 0.239. The van der Waals surface area contributed by atoms with E-state index in [0.717, 1.165) is 29.5 Å². The summed E-state index contributed by atoms with van der Waals surface area (Å²) >= 11 is 3.35. The molecule has 2 N–H and O–H groups in total. The summed E-state index contributed by atoms with van der Waals surface area (Å²) in [6.07, 6.45) is 2.81. The first kappa shape index (κ1) is 14.8. The molecule has 98 valence electrons. The maximum Gasteiger partial charge on any atom is 0.142 e. The summed E-state index contributed by atoms with van der Waals surface area (Å²) in [7, 11) is 0.